The number of nitrogens with two attached hydrogens (primary N) is 1. The van der Waals surface area contributed by atoms with Crippen LogP contribution in [0.3, 0.4) is 0 Å². The zero-order chi connectivity index (χ0) is 30.5. The van der Waals surface area contributed by atoms with Crippen LogP contribution in [0.2, 0.25) is 5.02 Å². The third-order valence-electron chi connectivity index (χ3n) is 9.79. The second kappa shape index (κ2) is 10.0. The molecule has 6 heterocycles. The third kappa shape index (κ3) is 3.92. The lowest BCUT2D eigenvalue weighted by molar-refractivity contribution is 0.107. The molecule has 13 heteroatoms. The molecule has 4 atom stereocenters. The zero-order valence-corrected chi connectivity index (χ0v) is 25.4. The highest BCUT2D eigenvalue weighted by molar-refractivity contribution is 7.23. The molecule has 0 amide bonds. The normalized spacial score (nSPS) is 26.1. The Morgan fingerprint density at radius 2 is 2.14 bits per heavy atom. The van der Waals surface area contributed by atoms with Crippen molar-refractivity contribution in [3.63, 3.8) is 0 Å². The number of aliphatic hydroxyl groups is 1. The molecular formula is C31H29ClF2N6O3S. The molecule has 8 rings (SSSR count). The van der Waals surface area contributed by atoms with Crippen molar-refractivity contribution in [2.24, 2.45) is 5.92 Å². The Morgan fingerprint density at radius 3 is 2.95 bits per heavy atom. The summed E-state index contributed by atoms with van der Waals surface area (Å²) >= 11 is 7.88. The molecule has 2 aromatic heterocycles. The van der Waals surface area contributed by atoms with E-state index in [9.17, 15) is 14.8 Å². The van der Waals surface area contributed by atoms with Crippen molar-refractivity contribution >= 4 is 54.7 Å². The molecule has 4 aromatic rings. The van der Waals surface area contributed by atoms with Crippen molar-refractivity contribution in [3.8, 4) is 29.0 Å². The molecule has 3 saturated heterocycles. The van der Waals surface area contributed by atoms with Crippen molar-refractivity contribution in [1.29, 1.82) is 5.26 Å². The number of rotatable bonds is 4. The number of nitrogen functional groups attached to an aromatic ring is 1. The first-order chi connectivity index (χ1) is 21.2. The fourth-order valence-corrected chi connectivity index (χ4v) is 9.16. The van der Waals surface area contributed by atoms with Crippen LogP contribution in [0.5, 0.6) is 11.8 Å². The summed E-state index contributed by atoms with van der Waals surface area (Å²) in [5, 5.41) is 21.2. The lowest BCUT2D eigenvalue weighted by Gasteiger charge is -2.31. The first-order valence-corrected chi connectivity index (χ1v) is 16.0. The largest absolute Gasteiger partial charge is 0.489 e. The standard InChI is InChI=1S/C31H29ClF2N6O3S/c1-14-9-31(6-2-7-39(31)11-14)13-43-30-37-25-22-26(42-12-18-19(41)5-8-40(18)29(22)38-30)23(32)21(24(25)34)15-3-4-17(33)27-20(15)16(10-35)28(36)44-27/h3-4,14,18-19,41H,2,5-9,11-13,36H2,1H3/t14-,18?,19?,31+/m1/s1. The minimum Gasteiger partial charge on any atom is -0.489 e. The van der Waals surface area contributed by atoms with Crippen LogP contribution in [0.4, 0.5) is 19.6 Å². The lowest BCUT2D eigenvalue weighted by Crippen LogP contribution is -2.43. The Bertz CT molecular complexity index is 1920. The smallest absolute Gasteiger partial charge is 0.319 e. The van der Waals surface area contributed by atoms with Gasteiger partial charge in [-0.25, -0.2) is 8.78 Å². The number of nitriles is 1. The van der Waals surface area contributed by atoms with Gasteiger partial charge in [0, 0.05) is 24.0 Å². The van der Waals surface area contributed by atoms with Gasteiger partial charge in [-0.3, -0.25) is 4.90 Å². The number of aliphatic hydroxyl groups excluding tert-OH is 1. The number of halogens is 3. The highest BCUT2D eigenvalue weighted by atomic mass is 35.5. The third-order valence-corrected chi connectivity index (χ3v) is 11.2. The van der Waals surface area contributed by atoms with Crippen LogP contribution in [-0.2, 0) is 0 Å². The molecule has 2 aromatic carbocycles. The molecule has 2 unspecified atom stereocenters. The quantitative estimate of drug-likeness (QED) is 0.299. The first-order valence-electron chi connectivity index (χ1n) is 14.8. The van der Waals surface area contributed by atoms with Gasteiger partial charge in [-0.15, -0.1) is 11.3 Å². The average molecular weight is 639 g/mol. The summed E-state index contributed by atoms with van der Waals surface area (Å²) < 4.78 is 44.5. The fourth-order valence-electron chi connectivity index (χ4n) is 7.88. The topological polar surface area (TPSA) is 121 Å². The molecule has 3 fully saturated rings. The maximum Gasteiger partial charge on any atom is 0.319 e. The summed E-state index contributed by atoms with van der Waals surface area (Å²) in [5.41, 5.74) is 6.05. The Labute approximate surface area is 260 Å². The van der Waals surface area contributed by atoms with Gasteiger partial charge < -0.3 is 25.2 Å². The van der Waals surface area contributed by atoms with Crippen molar-refractivity contribution in [2.45, 2.75) is 50.3 Å². The van der Waals surface area contributed by atoms with Gasteiger partial charge in [0.2, 0.25) is 0 Å². The first kappa shape index (κ1) is 28.0. The van der Waals surface area contributed by atoms with Crippen LogP contribution >= 0.6 is 22.9 Å². The Morgan fingerprint density at radius 1 is 1.30 bits per heavy atom. The molecule has 0 saturated carbocycles. The zero-order valence-electron chi connectivity index (χ0n) is 23.9. The number of fused-ring (bicyclic) bond motifs is 4. The minimum absolute atomic E-state index is 0.0233. The van der Waals surface area contributed by atoms with E-state index in [1.165, 1.54) is 12.1 Å². The number of thiophene rings is 1. The van der Waals surface area contributed by atoms with Crippen LogP contribution < -0.4 is 20.1 Å². The Balaban J connectivity index is 1.35. The SMILES string of the molecule is C[C@H]1CN2CCC[C@@]2(COc2nc3c4c(c(Cl)c(-c5ccc(F)c6sc(N)c(C#N)c56)c(F)c4n2)OCC2C(O)CCN32)C1. The van der Waals surface area contributed by atoms with Crippen LogP contribution in [0, 0.1) is 28.9 Å². The van der Waals surface area contributed by atoms with Gasteiger partial charge in [0.15, 0.2) is 11.6 Å². The van der Waals surface area contributed by atoms with Crippen molar-refractivity contribution in [1.82, 2.24) is 14.9 Å². The van der Waals surface area contributed by atoms with Crippen LogP contribution in [0.15, 0.2) is 12.1 Å². The van der Waals surface area contributed by atoms with E-state index in [4.69, 9.17) is 31.8 Å². The molecule has 228 valence electrons. The van der Waals surface area contributed by atoms with E-state index in [-0.39, 0.29) is 71.6 Å². The van der Waals surface area contributed by atoms with E-state index in [1.807, 2.05) is 11.0 Å². The van der Waals surface area contributed by atoms with Gasteiger partial charge in [-0.2, -0.15) is 15.2 Å². The molecule has 4 aliphatic heterocycles. The van der Waals surface area contributed by atoms with E-state index in [0.29, 0.717) is 31.3 Å². The van der Waals surface area contributed by atoms with Crippen LogP contribution in [0.25, 0.3) is 32.1 Å². The maximum atomic E-state index is 17.0. The molecule has 0 aliphatic carbocycles. The van der Waals surface area contributed by atoms with Gasteiger partial charge in [0.25, 0.3) is 0 Å². The highest BCUT2D eigenvalue weighted by Crippen LogP contribution is 2.52. The van der Waals surface area contributed by atoms with E-state index in [0.717, 1.165) is 43.7 Å². The number of aromatic nitrogens is 2. The summed E-state index contributed by atoms with van der Waals surface area (Å²) in [6.07, 6.45) is 2.92. The molecule has 44 heavy (non-hydrogen) atoms. The number of nitrogens with zero attached hydrogens (tertiary/aromatic N) is 5. The second-order valence-electron chi connectivity index (χ2n) is 12.4. The van der Waals surface area contributed by atoms with Gasteiger partial charge in [0.1, 0.15) is 41.4 Å². The predicted molar refractivity (Wildman–Crippen MR) is 164 cm³/mol. The number of ether oxygens (including phenoxy) is 2. The molecular weight excluding hydrogens is 610 g/mol. The predicted octanol–water partition coefficient (Wildman–Crippen LogP) is 5.48. The monoisotopic (exact) mass is 638 g/mol. The molecule has 0 bridgehead atoms. The van der Waals surface area contributed by atoms with Gasteiger partial charge >= 0.3 is 6.01 Å². The van der Waals surface area contributed by atoms with Crippen LogP contribution in [-0.4, -0.2) is 70.5 Å². The number of hydrogen-bond acceptors (Lipinski definition) is 10. The summed E-state index contributed by atoms with van der Waals surface area (Å²) in [5.74, 6) is -0.267. The fraction of sp³-hybridized carbons (Fsp3) is 0.452. The molecule has 4 aliphatic rings. The van der Waals surface area contributed by atoms with Crippen molar-refractivity contribution in [3.05, 3.63) is 34.4 Å². The summed E-state index contributed by atoms with van der Waals surface area (Å²) in [6, 6.07) is 4.21. The van der Waals surface area contributed by atoms with Gasteiger partial charge in [-0.1, -0.05) is 24.6 Å². The molecule has 9 nitrogen and oxygen atoms in total. The molecule has 3 N–H and O–H groups in total. The van der Waals surface area contributed by atoms with E-state index in [1.54, 1.807) is 0 Å². The number of benzene rings is 2. The second-order valence-corrected chi connectivity index (χ2v) is 13.9. The maximum absolute atomic E-state index is 17.0. The minimum atomic E-state index is -0.777. The summed E-state index contributed by atoms with van der Waals surface area (Å²) in [4.78, 5) is 13.8. The Kier molecular flexibility index (Phi) is 6.37. The summed E-state index contributed by atoms with van der Waals surface area (Å²) in [6.45, 7) is 5.21. The van der Waals surface area contributed by atoms with Crippen LogP contribution in [0.1, 0.15) is 38.2 Å². The highest BCUT2D eigenvalue weighted by Gasteiger charge is 2.48. The summed E-state index contributed by atoms with van der Waals surface area (Å²) in [7, 11) is 0. The number of hydrogen-bond donors (Lipinski definition) is 2. The number of anilines is 2. The molecule has 0 radical (unpaired) electrons. The van der Waals surface area contributed by atoms with Crippen molar-refractivity contribution < 1.29 is 23.4 Å². The van der Waals surface area contributed by atoms with E-state index >= 15 is 4.39 Å². The average Bonchev–Trinajstić information content (AvgIpc) is 3.71. The van der Waals surface area contributed by atoms with E-state index < -0.39 is 23.8 Å². The van der Waals surface area contributed by atoms with E-state index in [2.05, 4.69) is 16.8 Å². The van der Waals surface area contributed by atoms with Gasteiger partial charge in [0.05, 0.1) is 38.4 Å². The van der Waals surface area contributed by atoms with Gasteiger partial charge in [-0.05, 0) is 49.8 Å². The Hall–Kier alpha value is -3.50. The van der Waals surface area contributed by atoms with Crippen molar-refractivity contribution in [2.75, 3.05) is 43.5 Å². The lowest BCUT2D eigenvalue weighted by atomic mass is 9.92. The molecule has 0 spiro atoms.